The summed E-state index contributed by atoms with van der Waals surface area (Å²) in [5.74, 6) is -0.482. The van der Waals surface area contributed by atoms with Crippen molar-refractivity contribution in [2.75, 3.05) is 0 Å². The molecule has 0 unspecified atom stereocenters. The molecule has 1 aromatic carbocycles. The van der Waals surface area contributed by atoms with E-state index < -0.39 is 5.91 Å². The molecule has 3 heterocycles. The van der Waals surface area contributed by atoms with Crippen molar-refractivity contribution in [2.24, 2.45) is 7.05 Å². The zero-order chi connectivity index (χ0) is 18.8. The summed E-state index contributed by atoms with van der Waals surface area (Å²) in [6.07, 6.45) is 1.70. The van der Waals surface area contributed by atoms with Gasteiger partial charge in [0, 0.05) is 19.3 Å². The molecule has 0 saturated heterocycles. The number of nitrogens with zero attached hydrogens (tertiary/aromatic N) is 3. The molecule has 0 aliphatic heterocycles. The molecular formula is C20H16N4O3. The van der Waals surface area contributed by atoms with Gasteiger partial charge in [0.25, 0.3) is 5.91 Å². The van der Waals surface area contributed by atoms with E-state index >= 15 is 0 Å². The van der Waals surface area contributed by atoms with Gasteiger partial charge in [-0.05, 0) is 30.3 Å². The number of carbonyl (C=O) groups excluding carboxylic acids is 1. The van der Waals surface area contributed by atoms with Crippen LogP contribution in [0.3, 0.4) is 0 Å². The van der Waals surface area contributed by atoms with Crippen LogP contribution in [0.2, 0.25) is 0 Å². The zero-order valence-electron chi connectivity index (χ0n) is 14.5. The van der Waals surface area contributed by atoms with Crippen LogP contribution in [0, 0.1) is 0 Å². The zero-order valence-corrected chi connectivity index (χ0v) is 14.5. The minimum absolute atomic E-state index is 0.0224. The standard InChI is InChI=1S/C20H16N4O3/c1-24-13(10-16(23-24)15-7-4-5-9-21-15)12-22-20(26)19-11-17(25)14-6-2-3-8-18(14)27-19/h2-11H,12H2,1H3,(H,22,26). The molecule has 4 aromatic rings. The number of carbonyl (C=O) groups is 1. The third-order valence-corrected chi connectivity index (χ3v) is 4.19. The summed E-state index contributed by atoms with van der Waals surface area (Å²) in [4.78, 5) is 28.8. The number of nitrogens with one attached hydrogen (secondary N) is 1. The van der Waals surface area contributed by atoms with Gasteiger partial charge in [0.1, 0.15) is 11.3 Å². The fourth-order valence-electron chi connectivity index (χ4n) is 2.78. The van der Waals surface area contributed by atoms with Crippen LogP contribution in [-0.4, -0.2) is 20.7 Å². The highest BCUT2D eigenvalue weighted by Gasteiger charge is 2.14. The maximum Gasteiger partial charge on any atom is 0.287 e. The molecule has 4 rings (SSSR count). The van der Waals surface area contributed by atoms with Crippen molar-refractivity contribution in [1.29, 1.82) is 0 Å². The van der Waals surface area contributed by atoms with Gasteiger partial charge in [-0.1, -0.05) is 18.2 Å². The van der Waals surface area contributed by atoms with Gasteiger partial charge < -0.3 is 9.73 Å². The van der Waals surface area contributed by atoms with Crippen LogP contribution in [0.5, 0.6) is 0 Å². The highest BCUT2D eigenvalue weighted by atomic mass is 16.3. The molecule has 0 aliphatic carbocycles. The van der Waals surface area contributed by atoms with Crippen molar-refractivity contribution in [3.8, 4) is 11.4 Å². The number of aromatic nitrogens is 3. The van der Waals surface area contributed by atoms with E-state index in [2.05, 4.69) is 15.4 Å². The van der Waals surface area contributed by atoms with Crippen molar-refractivity contribution in [3.05, 3.63) is 82.5 Å². The van der Waals surface area contributed by atoms with Crippen molar-refractivity contribution in [2.45, 2.75) is 6.54 Å². The Kier molecular flexibility index (Phi) is 4.25. The lowest BCUT2D eigenvalue weighted by Gasteiger charge is -2.05. The molecule has 0 bridgehead atoms. The Morgan fingerprint density at radius 2 is 1.93 bits per heavy atom. The number of rotatable bonds is 4. The summed E-state index contributed by atoms with van der Waals surface area (Å²) >= 11 is 0. The quantitative estimate of drug-likeness (QED) is 0.604. The molecular weight excluding hydrogens is 344 g/mol. The Morgan fingerprint density at radius 1 is 1.11 bits per heavy atom. The minimum atomic E-state index is -0.460. The van der Waals surface area contributed by atoms with Gasteiger partial charge >= 0.3 is 0 Å². The Morgan fingerprint density at radius 3 is 2.74 bits per heavy atom. The van der Waals surface area contributed by atoms with Crippen LogP contribution in [-0.2, 0) is 13.6 Å². The van der Waals surface area contributed by atoms with E-state index in [0.717, 1.165) is 17.1 Å². The molecule has 0 spiro atoms. The molecule has 0 aliphatic rings. The highest BCUT2D eigenvalue weighted by molar-refractivity contribution is 5.93. The molecule has 1 N–H and O–H groups in total. The van der Waals surface area contributed by atoms with Crippen LogP contribution in [0.1, 0.15) is 16.2 Å². The first-order valence-corrected chi connectivity index (χ1v) is 8.37. The van der Waals surface area contributed by atoms with Crippen LogP contribution < -0.4 is 10.7 Å². The second-order valence-corrected chi connectivity index (χ2v) is 6.01. The number of hydrogen-bond acceptors (Lipinski definition) is 5. The molecule has 0 atom stereocenters. The summed E-state index contributed by atoms with van der Waals surface area (Å²) in [7, 11) is 1.80. The molecule has 134 valence electrons. The van der Waals surface area contributed by atoms with Gasteiger partial charge in [-0.2, -0.15) is 5.10 Å². The Bertz CT molecular complexity index is 1180. The van der Waals surface area contributed by atoms with E-state index in [-0.39, 0.29) is 17.7 Å². The fourth-order valence-corrected chi connectivity index (χ4v) is 2.78. The van der Waals surface area contributed by atoms with Gasteiger partial charge in [-0.25, -0.2) is 0 Å². The predicted molar refractivity (Wildman–Crippen MR) is 100 cm³/mol. The van der Waals surface area contributed by atoms with Crippen LogP contribution in [0.15, 0.2) is 70.0 Å². The monoisotopic (exact) mass is 360 g/mol. The maximum absolute atomic E-state index is 12.4. The van der Waals surface area contributed by atoms with Crippen LogP contribution in [0.4, 0.5) is 0 Å². The predicted octanol–water partition coefficient (Wildman–Crippen LogP) is 2.52. The average Bonchev–Trinajstić information content (AvgIpc) is 3.07. The lowest BCUT2D eigenvalue weighted by molar-refractivity contribution is 0.0923. The second kappa shape index (κ2) is 6.87. The molecule has 0 radical (unpaired) electrons. The number of para-hydroxylation sites is 1. The number of pyridine rings is 1. The third kappa shape index (κ3) is 3.35. The maximum atomic E-state index is 12.4. The number of benzene rings is 1. The third-order valence-electron chi connectivity index (χ3n) is 4.19. The Hall–Kier alpha value is -3.74. The van der Waals surface area contributed by atoms with E-state index in [0.29, 0.717) is 11.0 Å². The number of aryl methyl sites for hydroxylation is 1. The van der Waals surface area contributed by atoms with Gasteiger partial charge in [0.2, 0.25) is 0 Å². The van der Waals surface area contributed by atoms with E-state index in [9.17, 15) is 9.59 Å². The summed E-state index contributed by atoms with van der Waals surface area (Å²) < 4.78 is 7.23. The van der Waals surface area contributed by atoms with Crippen molar-refractivity contribution in [1.82, 2.24) is 20.1 Å². The number of fused-ring (bicyclic) bond motifs is 1. The first kappa shape index (κ1) is 16.7. The largest absolute Gasteiger partial charge is 0.451 e. The molecule has 27 heavy (non-hydrogen) atoms. The minimum Gasteiger partial charge on any atom is -0.451 e. The highest BCUT2D eigenvalue weighted by Crippen LogP contribution is 2.16. The SMILES string of the molecule is Cn1nc(-c2ccccn2)cc1CNC(=O)c1cc(=O)c2ccccc2o1. The van der Waals surface area contributed by atoms with Crippen LogP contribution >= 0.6 is 0 Å². The normalized spacial score (nSPS) is 10.9. The smallest absolute Gasteiger partial charge is 0.287 e. The van der Waals surface area contributed by atoms with Gasteiger partial charge in [-0.3, -0.25) is 19.3 Å². The fraction of sp³-hybridized carbons (Fsp3) is 0.100. The molecule has 0 fully saturated rings. The van der Waals surface area contributed by atoms with Crippen molar-refractivity contribution in [3.63, 3.8) is 0 Å². The van der Waals surface area contributed by atoms with Crippen molar-refractivity contribution >= 4 is 16.9 Å². The first-order valence-electron chi connectivity index (χ1n) is 8.37. The average molecular weight is 360 g/mol. The summed E-state index contributed by atoms with van der Waals surface area (Å²) in [5.41, 5.74) is 2.41. The van der Waals surface area contributed by atoms with E-state index in [4.69, 9.17) is 4.42 Å². The molecule has 7 nitrogen and oxygen atoms in total. The first-order chi connectivity index (χ1) is 13.1. The van der Waals surface area contributed by atoms with E-state index in [1.165, 1.54) is 6.07 Å². The lowest BCUT2D eigenvalue weighted by Crippen LogP contribution is -2.25. The number of hydrogen-bond donors (Lipinski definition) is 1. The van der Waals surface area contributed by atoms with Gasteiger partial charge in [-0.15, -0.1) is 0 Å². The number of amides is 1. The second-order valence-electron chi connectivity index (χ2n) is 6.01. The Balaban J connectivity index is 1.53. The topological polar surface area (TPSA) is 90.0 Å². The molecule has 3 aromatic heterocycles. The summed E-state index contributed by atoms with van der Waals surface area (Å²) in [6, 6.07) is 15.5. The van der Waals surface area contributed by atoms with Crippen molar-refractivity contribution < 1.29 is 9.21 Å². The Labute approximate surface area is 154 Å². The van der Waals surface area contributed by atoms with E-state index in [1.807, 2.05) is 24.3 Å². The summed E-state index contributed by atoms with van der Waals surface area (Å²) in [5, 5.41) is 7.62. The molecule has 7 heteroatoms. The van der Waals surface area contributed by atoms with E-state index in [1.54, 1.807) is 42.2 Å². The lowest BCUT2D eigenvalue weighted by atomic mass is 10.2. The van der Waals surface area contributed by atoms with Gasteiger partial charge in [0.05, 0.1) is 23.3 Å². The van der Waals surface area contributed by atoms with Crippen LogP contribution in [0.25, 0.3) is 22.4 Å². The molecule has 1 amide bonds. The summed E-state index contributed by atoms with van der Waals surface area (Å²) in [6.45, 7) is 0.242. The van der Waals surface area contributed by atoms with Gasteiger partial charge in [0.15, 0.2) is 11.2 Å². The molecule has 0 saturated carbocycles.